The zero-order chi connectivity index (χ0) is 13.7. The number of hydrogen-bond acceptors (Lipinski definition) is 3. The van der Waals surface area contributed by atoms with Crippen molar-refractivity contribution in [1.29, 1.82) is 0 Å². The summed E-state index contributed by atoms with van der Waals surface area (Å²) in [5.41, 5.74) is 0.384. The van der Waals surface area contributed by atoms with Crippen LogP contribution in [0.5, 0.6) is 0 Å². The molecule has 0 saturated heterocycles. The van der Waals surface area contributed by atoms with Crippen LogP contribution in [0.15, 0.2) is 16.7 Å². The minimum absolute atomic E-state index is 0.207. The van der Waals surface area contributed by atoms with Crippen molar-refractivity contribution in [2.75, 3.05) is 19.8 Å². The predicted molar refractivity (Wildman–Crippen MR) is 77.4 cm³/mol. The van der Waals surface area contributed by atoms with E-state index in [2.05, 4.69) is 26.2 Å². The molecule has 0 atom stereocenters. The Morgan fingerprint density at radius 3 is 3.11 bits per heavy atom. The van der Waals surface area contributed by atoms with Gasteiger partial charge in [-0.2, -0.15) is 0 Å². The van der Waals surface area contributed by atoms with Crippen molar-refractivity contribution in [3.8, 4) is 0 Å². The number of amides is 1. The maximum Gasteiger partial charge on any atom is 0.254 e. The van der Waals surface area contributed by atoms with E-state index < -0.39 is 0 Å². The average Bonchev–Trinajstić information content (AvgIpc) is 3.20. The van der Waals surface area contributed by atoms with Crippen LogP contribution >= 0.6 is 27.5 Å². The molecule has 104 valence electrons. The van der Waals surface area contributed by atoms with Gasteiger partial charge >= 0.3 is 0 Å². The van der Waals surface area contributed by atoms with Gasteiger partial charge in [0.15, 0.2) is 0 Å². The lowest BCUT2D eigenvalue weighted by atomic mass is 10.2. The summed E-state index contributed by atoms with van der Waals surface area (Å²) in [6.07, 6.45) is 4.96. The summed E-state index contributed by atoms with van der Waals surface area (Å²) >= 11 is 9.14. The second kappa shape index (κ2) is 7.22. The topological polar surface area (TPSA) is 51.2 Å². The molecular formula is C13H16BrClN2O2. The highest BCUT2D eigenvalue weighted by atomic mass is 79.9. The molecule has 0 aliphatic heterocycles. The quantitative estimate of drug-likeness (QED) is 0.609. The maximum absolute atomic E-state index is 11.9. The summed E-state index contributed by atoms with van der Waals surface area (Å²) < 4.78 is 6.22. The first-order valence-electron chi connectivity index (χ1n) is 6.34. The van der Waals surface area contributed by atoms with Gasteiger partial charge in [-0.1, -0.05) is 11.6 Å². The Hall–Kier alpha value is -0.650. The van der Waals surface area contributed by atoms with Crippen molar-refractivity contribution in [2.45, 2.75) is 19.3 Å². The van der Waals surface area contributed by atoms with Gasteiger partial charge in [0.05, 0.1) is 5.56 Å². The van der Waals surface area contributed by atoms with Gasteiger partial charge in [0.2, 0.25) is 0 Å². The highest BCUT2D eigenvalue weighted by Gasteiger charge is 2.20. The molecule has 1 N–H and O–H groups in total. The van der Waals surface area contributed by atoms with Crippen LogP contribution in [0.3, 0.4) is 0 Å². The summed E-state index contributed by atoms with van der Waals surface area (Å²) in [4.78, 5) is 15.8. The van der Waals surface area contributed by atoms with Crippen LogP contribution in [-0.4, -0.2) is 30.6 Å². The van der Waals surface area contributed by atoms with Crippen LogP contribution in [0.2, 0.25) is 5.15 Å². The zero-order valence-corrected chi connectivity index (χ0v) is 12.8. The van der Waals surface area contributed by atoms with E-state index >= 15 is 0 Å². The zero-order valence-electron chi connectivity index (χ0n) is 10.5. The van der Waals surface area contributed by atoms with Gasteiger partial charge in [-0.15, -0.1) is 0 Å². The van der Waals surface area contributed by atoms with E-state index in [-0.39, 0.29) is 11.1 Å². The number of carbonyl (C=O) groups is 1. The number of aromatic nitrogens is 1. The van der Waals surface area contributed by atoms with Crippen molar-refractivity contribution in [3.63, 3.8) is 0 Å². The molecule has 1 heterocycles. The molecular weight excluding hydrogens is 332 g/mol. The molecule has 0 bridgehead atoms. The van der Waals surface area contributed by atoms with Crippen LogP contribution in [0.25, 0.3) is 0 Å². The molecule has 1 aliphatic carbocycles. The summed E-state index contributed by atoms with van der Waals surface area (Å²) in [5, 5.41) is 3.02. The van der Waals surface area contributed by atoms with Crippen molar-refractivity contribution in [1.82, 2.24) is 10.3 Å². The fraction of sp³-hybridized carbons (Fsp3) is 0.538. The van der Waals surface area contributed by atoms with Crippen molar-refractivity contribution in [3.05, 3.63) is 27.5 Å². The SMILES string of the molecule is O=C(NCCCOCC1CC1)c1cc(Br)cnc1Cl. The Bertz CT molecular complexity index is 452. The van der Waals surface area contributed by atoms with Gasteiger partial charge in [-0.3, -0.25) is 4.79 Å². The summed E-state index contributed by atoms with van der Waals surface area (Å²) in [6.45, 7) is 2.11. The van der Waals surface area contributed by atoms with Crippen LogP contribution in [-0.2, 0) is 4.74 Å². The van der Waals surface area contributed by atoms with Crippen LogP contribution in [0.4, 0.5) is 0 Å². The number of nitrogens with one attached hydrogen (secondary N) is 1. The van der Waals surface area contributed by atoms with E-state index in [1.807, 2.05) is 0 Å². The van der Waals surface area contributed by atoms with Gasteiger partial charge in [0, 0.05) is 30.4 Å². The second-order valence-corrected chi connectivity index (χ2v) is 5.89. The van der Waals surface area contributed by atoms with E-state index in [1.165, 1.54) is 12.8 Å². The summed E-state index contributed by atoms with van der Waals surface area (Å²) in [7, 11) is 0. The number of nitrogens with zero attached hydrogens (tertiary/aromatic N) is 1. The lowest BCUT2D eigenvalue weighted by Gasteiger charge is -2.07. The van der Waals surface area contributed by atoms with E-state index in [4.69, 9.17) is 16.3 Å². The Balaban J connectivity index is 1.66. The maximum atomic E-state index is 11.9. The number of rotatable bonds is 7. The third kappa shape index (κ3) is 5.09. The summed E-state index contributed by atoms with van der Waals surface area (Å²) in [6, 6.07) is 1.66. The first-order valence-corrected chi connectivity index (χ1v) is 7.51. The van der Waals surface area contributed by atoms with Crippen LogP contribution < -0.4 is 5.32 Å². The standard InChI is InChI=1S/C13H16BrClN2O2/c14-10-6-11(12(15)17-7-10)13(18)16-4-1-5-19-8-9-2-3-9/h6-7,9H,1-5,8H2,(H,16,18). The molecule has 0 unspecified atom stereocenters. The number of halogens is 2. The number of pyridine rings is 1. The highest BCUT2D eigenvalue weighted by molar-refractivity contribution is 9.10. The van der Waals surface area contributed by atoms with Crippen LogP contribution in [0, 0.1) is 5.92 Å². The lowest BCUT2D eigenvalue weighted by molar-refractivity contribution is 0.0937. The van der Waals surface area contributed by atoms with E-state index in [9.17, 15) is 4.79 Å². The van der Waals surface area contributed by atoms with Gasteiger partial charge < -0.3 is 10.1 Å². The molecule has 0 radical (unpaired) electrons. The molecule has 2 rings (SSSR count). The molecule has 1 saturated carbocycles. The molecule has 1 aromatic rings. The van der Waals surface area contributed by atoms with Gasteiger partial charge in [-0.25, -0.2) is 4.98 Å². The Labute approximate surface area is 126 Å². The second-order valence-electron chi connectivity index (χ2n) is 4.62. The average molecular weight is 348 g/mol. The highest BCUT2D eigenvalue weighted by Crippen LogP contribution is 2.28. The minimum atomic E-state index is -0.207. The first kappa shape index (κ1) is 14.8. The molecule has 0 spiro atoms. The number of ether oxygens (including phenoxy) is 1. The Morgan fingerprint density at radius 2 is 2.37 bits per heavy atom. The van der Waals surface area contributed by atoms with Crippen molar-refractivity contribution >= 4 is 33.4 Å². The Kier molecular flexibility index (Phi) is 5.60. The van der Waals surface area contributed by atoms with Crippen LogP contribution in [0.1, 0.15) is 29.6 Å². The lowest BCUT2D eigenvalue weighted by Crippen LogP contribution is -2.25. The number of carbonyl (C=O) groups excluding carboxylic acids is 1. The predicted octanol–water partition coefficient (Wildman–Crippen LogP) is 3.04. The van der Waals surface area contributed by atoms with E-state index in [0.717, 1.165) is 23.4 Å². The smallest absolute Gasteiger partial charge is 0.254 e. The monoisotopic (exact) mass is 346 g/mol. The van der Waals surface area contributed by atoms with Crippen molar-refractivity contribution < 1.29 is 9.53 Å². The molecule has 1 aromatic heterocycles. The molecule has 1 aliphatic rings. The van der Waals surface area contributed by atoms with Gasteiger partial charge in [0.1, 0.15) is 5.15 Å². The molecule has 19 heavy (non-hydrogen) atoms. The minimum Gasteiger partial charge on any atom is -0.381 e. The van der Waals surface area contributed by atoms with E-state index in [1.54, 1.807) is 12.3 Å². The molecule has 1 amide bonds. The van der Waals surface area contributed by atoms with Gasteiger partial charge in [0.25, 0.3) is 5.91 Å². The molecule has 1 fully saturated rings. The largest absolute Gasteiger partial charge is 0.381 e. The normalized spacial score (nSPS) is 14.4. The summed E-state index contributed by atoms with van der Waals surface area (Å²) in [5.74, 6) is 0.571. The fourth-order valence-electron chi connectivity index (χ4n) is 1.59. The Morgan fingerprint density at radius 1 is 1.58 bits per heavy atom. The molecule has 4 nitrogen and oxygen atoms in total. The fourth-order valence-corrected chi connectivity index (χ4v) is 2.11. The van der Waals surface area contributed by atoms with Gasteiger partial charge in [-0.05, 0) is 47.2 Å². The first-order chi connectivity index (χ1) is 9.16. The van der Waals surface area contributed by atoms with E-state index in [0.29, 0.717) is 18.7 Å². The molecule has 0 aromatic carbocycles. The third-order valence-electron chi connectivity index (χ3n) is 2.85. The number of hydrogen-bond donors (Lipinski definition) is 1. The van der Waals surface area contributed by atoms with Crippen molar-refractivity contribution in [2.24, 2.45) is 5.92 Å². The molecule has 6 heteroatoms. The third-order valence-corrected chi connectivity index (χ3v) is 3.59.